The number of amides is 2. The summed E-state index contributed by atoms with van der Waals surface area (Å²) in [7, 11) is 1.35. The Hall–Kier alpha value is -4.24. The summed E-state index contributed by atoms with van der Waals surface area (Å²) < 4.78 is 5.64. The minimum Gasteiger partial charge on any atom is -0.469 e. The highest BCUT2D eigenvalue weighted by Gasteiger charge is 2.14. The lowest BCUT2D eigenvalue weighted by atomic mass is 10.0. The van der Waals surface area contributed by atoms with Crippen LogP contribution in [0.4, 0.5) is 22.0 Å². The minimum absolute atomic E-state index is 0.0502. The van der Waals surface area contributed by atoms with Crippen molar-refractivity contribution >= 4 is 56.4 Å². The number of Topliss-reactive ketones (excluding diaryl/α,β-unsaturated/α-hetero) is 1. The Morgan fingerprint density at radius 3 is 2.49 bits per heavy atom. The number of nitrogens with zero attached hydrogens (tertiary/aromatic N) is 1. The maximum absolute atomic E-state index is 12.7. The number of aromatic nitrogens is 1. The summed E-state index contributed by atoms with van der Waals surface area (Å²) in [5, 5.41) is 6.64. The molecule has 190 valence electrons. The van der Waals surface area contributed by atoms with Gasteiger partial charge in [-0.1, -0.05) is 12.1 Å². The van der Waals surface area contributed by atoms with Crippen molar-refractivity contribution in [3.63, 3.8) is 0 Å². The number of hydrogen-bond donors (Lipinski definition) is 3. The van der Waals surface area contributed by atoms with Crippen LogP contribution in [0, 0.1) is 6.92 Å². The third-order valence-corrected chi connectivity index (χ3v) is 6.97. The number of unbranched alkanes of at least 4 members (excludes halogenated alkanes) is 1. The topological polar surface area (TPSA) is 123 Å². The van der Waals surface area contributed by atoms with Crippen LogP contribution in [0.3, 0.4) is 0 Å². The van der Waals surface area contributed by atoms with Gasteiger partial charge in [-0.3, -0.25) is 9.59 Å². The van der Waals surface area contributed by atoms with Crippen molar-refractivity contribution in [2.24, 2.45) is 0 Å². The molecule has 0 aliphatic rings. The maximum atomic E-state index is 12.7. The summed E-state index contributed by atoms with van der Waals surface area (Å²) in [6, 6.07) is 16.7. The van der Waals surface area contributed by atoms with E-state index >= 15 is 0 Å². The van der Waals surface area contributed by atoms with Gasteiger partial charge in [0.1, 0.15) is 5.82 Å². The van der Waals surface area contributed by atoms with Gasteiger partial charge in [-0.05, 0) is 73.2 Å². The lowest BCUT2D eigenvalue weighted by Gasteiger charge is -2.08. The molecule has 4 rings (SSSR count). The molecule has 0 spiro atoms. The molecule has 0 atom stereocenters. The molecule has 2 aromatic carbocycles. The van der Waals surface area contributed by atoms with Crippen molar-refractivity contribution in [1.82, 2.24) is 4.98 Å². The minimum atomic E-state index is -0.327. The van der Waals surface area contributed by atoms with Crippen molar-refractivity contribution in [1.29, 1.82) is 0 Å². The zero-order chi connectivity index (χ0) is 26.4. The summed E-state index contributed by atoms with van der Waals surface area (Å²) in [5.41, 5.74) is 9.77. The number of esters is 1. The van der Waals surface area contributed by atoms with Crippen LogP contribution in [0.15, 0.2) is 60.8 Å². The van der Waals surface area contributed by atoms with E-state index in [0.717, 1.165) is 26.2 Å². The Morgan fingerprint density at radius 1 is 0.973 bits per heavy atom. The van der Waals surface area contributed by atoms with Crippen LogP contribution < -0.4 is 16.4 Å². The number of ether oxygens (including phenoxy) is 1. The van der Waals surface area contributed by atoms with E-state index in [1.54, 1.807) is 6.07 Å². The van der Waals surface area contributed by atoms with Crippen LogP contribution in [-0.4, -0.2) is 29.9 Å². The van der Waals surface area contributed by atoms with E-state index in [1.165, 1.54) is 24.6 Å². The number of fused-ring (bicyclic) bond motifs is 1. The van der Waals surface area contributed by atoms with Crippen molar-refractivity contribution in [3.8, 4) is 10.4 Å². The van der Waals surface area contributed by atoms with Gasteiger partial charge in [0, 0.05) is 51.1 Å². The van der Waals surface area contributed by atoms with Crippen molar-refractivity contribution < 1.29 is 19.1 Å². The Labute approximate surface area is 218 Å². The summed E-state index contributed by atoms with van der Waals surface area (Å²) >= 11 is 1.53. The third kappa shape index (κ3) is 6.71. The van der Waals surface area contributed by atoms with Crippen LogP contribution >= 0.6 is 11.3 Å². The molecule has 2 amide bonds. The molecule has 9 heteroatoms. The molecule has 8 nitrogen and oxygen atoms in total. The van der Waals surface area contributed by atoms with Crippen molar-refractivity contribution in [3.05, 3.63) is 71.9 Å². The average molecular weight is 517 g/mol. The molecule has 0 unspecified atom stereocenters. The normalized spacial score (nSPS) is 10.8. The van der Waals surface area contributed by atoms with Gasteiger partial charge in [0.05, 0.1) is 7.11 Å². The molecule has 4 aromatic rings. The number of thiophene rings is 1. The number of pyridine rings is 1. The van der Waals surface area contributed by atoms with Gasteiger partial charge in [-0.2, -0.15) is 0 Å². The Bertz CT molecular complexity index is 1460. The summed E-state index contributed by atoms with van der Waals surface area (Å²) in [6.45, 7) is 1.97. The number of nitrogens with two attached hydrogens (primary N) is 1. The predicted octanol–water partition coefficient (Wildman–Crippen LogP) is 6.41. The fourth-order valence-electron chi connectivity index (χ4n) is 3.90. The molecule has 0 aliphatic carbocycles. The van der Waals surface area contributed by atoms with Crippen molar-refractivity contribution in [2.75, 3.05) is 23.5 Å². The molecule has 0 aliphatic heterocycles. The largest absolute Gasteiger partial charge is 0.469 e. The summed E-state index contributed by atoms with van der Waals surface area (Å²) in [6.07, 6.45) is 3.27. The Balaban J connectivity index is 1.46. The van der Waals surface area contributed by atoms with E-state index in [-0.39, 0.29) is 17.8 Å². The standard InChI is InChI=1S/C28H28N4O4S/c1-17-6-5-7-20(12-17)31-28(35)32-21-10-11-24-18(13-21)15-25(37-24)22-14-19(16-30-27(22)29)23(33)8-3-4-9-26(34)36-2/h5-7,10-16H,3-4,8-9H2,1-2H3,(H2,29,30)(H2,31,32,35). The number of nitrogens with one attached hydrogen (secondary N) is 2. The Morgan fingerprint density at radius 2 is 1.73 bits per heavy atom. The Kier molecular flexibility index (Phi) is 8.15. The molecule has 4 N–H and O–H groups in total. The number of hydrogen-bond acceptors (Lipinski definition) is 7. The highest BCUT2D eigenvalue weighted by molar-refractivity contribution is 7.22. The number of urea groups is 1. The lowest BCUT2D eigenvalue weighted by Crippen LogP contribution is -2.19. The van der Waals surface area contributed by atoms with Crippen LogP contribution in [0.2, 0.25) is 0 Å². The second-order valence-corrected chi connectivity index (χ2v) is 9.76. The number of benzene rings is 2. The smallest absolute Gasteiger partial charge is 0.323 e. The SMILES string of the molecule is COC(=O)CCCCC(=O)c1cnc(N)c(-c2cc3cc(NC(=O)Nc4cccc(C)c4)ccc3s2)c1. The average Bonchev–Trinajstić information content (AvgIpc) is 3.29. The van der Waals surface area contributed by atoms with Gasteiger partial charge in [0.25, 0.3) is 0 Å². The first-order valence-electron chi connectivity index (χ1n) is 11.9. The quantitative estimate of drug-likeness (QED) is 0.134. The number of nitrogen functional groups attached to an aromatic ring is 1. The number of carbonyl (C=O) groups excluding carboxylic acids is 3. The van der Waals surface area contributed by atoms with Gasteiger partial charge in [0.2, 0.25) is 0 Å². The summed E-state index contributed by atoms with van der Waals surface area (Å²) in [4.78, 5) is 41.5. The first kappa shape index (κ1) is 25.8. The van der Waals surface area contributed by atoms with Gasteiger partial charge >= 0.3 is 12.0 Å². The number of anilines is 3. The van der Waals surface area contributed by atoms with Gasteiger partial charge in [-0.25, -0.2) is 9.78 Å². The van der Waals surface area contributed by atoms with Gasteiger partial charge in [0.15, 0.2) is 5.78 Å². The van der Waals surface area contributed by atoms with Crippen LogP contribution in [0.25, 0.3) is 20.5 Å². The molecular weight excluding hydrogens is 488 g/mol. The first-order chi connectivity index (χ1) is 17.8. The van der Waals surface area contributed by atoms with E-state index < -0.39 is 0 Å². The highest BCUT2D eigenvalue weighted by atomic mass is 32.1. The number of aryl methyl sites for hydroxylation is 1. The molecule has 0 radical (unpaired) electrons. The fourth-order valence-corrected chi connectivity index (χ4v) is 4.96. The number of ketones is 1. The third-order valence-electron chi connectivity index (χ3n) is 5.82. The molecule has 0 saturated carbocycles. The first-order valence-corrected chi connectivity index (χ1v) is 12.7. The number of rotatable bonds is 9. The molecule has 0 fully saturated rings. The van der Waals surface area contributed by atoms with E-state index in [1.807, 2.05) is 55.5 Å². The number of carbonyl (C=O) groups is 3. The molecule has 2 aromatic heterocycles. The fraction of sp³-hybridized carbons (Fsp3) is 0.214. The van der Waals surface area contributed by atoms with Gasteiger partial charge < -0.3 is 21.1 Å². The highest BCUT2D eigenvalue weighted by Crippen LogP contribution is 2.37. The molecule has 0 bridgehead atoms. The second-order valence-electron chi connectivity index (χ2n) is 8.68. The van der Waals surface area contributed by atoms with Crippen LogP contribution in [-0.2, 0) is 9.53 Å². The number of methoxy groups -OCH3 is 1. The monoisotopic (exact) mass is 516 g/mol. The zero-order valence-electron chi connectivity index (χ0n) is 20.7. The molecular formula is C28H28N4O4S. The van der Waals surface area contributed by atoms with E-state index in [9.17, 15) is 14.4 Å². The van der Waals surface area contributed by atoms with Crippen LogP contribution in [0.5, 0.6) is 0 Å². The van der Waals surface area contributed by atoms with Crippen LogP contribution in [0.1, 0.15) is 41.6 Å². The van der Waals surface area contributed by atoms with Gasteiger partial charge in [-0.15, -0.1) is 11.3 Å². The van der Waals surface area contributed by atoms with E-state index in [4.69, 9.17) is 5.73 Å². The maximum Gasteiger partial charge on any atom is 0.323 e. The molecule has 0 saturated heterocycles. The zero-order valence-corrected chi connectivity index (χ0v) is 21.5. The summed E-state index contributed by atoms with van der Waals surface area (Å²) in [5.74, 6) is 0.00873. The lowest BCUT2D eigenvalue weighted by molar-refractivity contribution is -0.140. The predicted molar refractivity (Wildman–Crippen MR) is 148 cm³/mol. The van der Waals surface area contributed by atoms with E-state index in [2.05, 4.69) is 20.4 Å². The second kappa shape index (κ2) is 11.7. The molecule has 2 heterocycles. The van der Waals surface area contributed by atoms with E-state index in [0.29, 0.717) is 48.3 Å². The van der Waals surface area contributed by atoms with Crippen molar-refractivity contribution in [2.45, 2.75) is 32.6 Å². The molecule has 37 heavy (non-hydrogen) atoms.